The van der Waals surface area contributed by atoms with E-state index >= 15 is 0 Å². The molecule has 0 spiro atoms. The third kappa shape index (κ3) is 2.70. The predicted molar refractivity (Wildman–Crippen MR) is 66.8 cm³/mol. The average Bonchev–Trinajstić information content (AvgIpc) is 2.82. The summed E-state index contributed by atoms with van der Waals surface area (Å²) in [4.78, 5) is 13.6. The highest BCUT2D eigenvalue weighted by Crippen LogP contribution is 2.27. The van der Waals surface area contributed by atoms with Crippen LogP contribution < -0.4 is 0 Å². The van der Waals surface area contributed by atoms with Gasteiger partial charge in [0.1, 0.15) is 12.7 Å². The smallest absolute Gasteiger partial charge is 0.323 e. The zero-order chi connectivity index (χ0) is 13.0. The van der Waals surface area contributed by atoms with Crippen LogP contribution >= 0.6 is 0 Å². The largest absolute Gasteiger partial charge is 0.468 e. The molecule has 1 fully saturated rings. The van der Waals surface area contributed by atoms with E-state index in [1.165, 1.54) is 7.11 Å². The number of hydrogen-bond donors (Lipinski definition) is 0. The minimum absolute atomic E-state index is 0.172. The van der Waals surface area contributed by atoms with Crippen molar-refractivity contribution in [3.63, 3.8) is 0 Å². The van der Waals surface area contributed by atoms with Crippen molar-refractivity contribution >= 4 is 5.97 Å². The summed E-state index contributed by atoms with van der Waals surface area (Å²) in [5, 5.41) is 0. The Hall–Kier alpha value is -1.42. The lowest BCUT2D eigenvalue weighted by Gasteiger charge is -2.27. The van der Waals surface area contributed by atoms with E-state index in [1.54, 1.807) is 0 Å². The molecule has 0 N–H and O–H groups in total. The van der Waals surface area contributed by atoms with Crippen LogP contribution in [0.25, 0.3) is 0 Å². The van der Waals surface area contributed by atoms with Gasteiger partial charge in [-0.2, -0.15) is 0 Å². The summed E-state index contributed by atoms with van der Waals surface area (Å²) in [7, 11) is 1.38. The molecule has 2 rings (SSSR count). The molecule has 1 aliphatic rings. The quantitative estimate of drug-likeness (QED) is 0.768. The Balaban J connectivity index is 2.12. The second kappa shape index (κ2) is 5.96. The van der Waals surface area contributed by atoms with Crippen LogP contribution in [0, 0.1) is 0 Å². The molecule has 0 aromatic heterocycles. The molecule has 0 amide bonds. The molecule has 4 heteroatoms. The van der Waals surface area contributed by atoms with E-state index in [-0.39, 0.29) is 18.1 Å². The van der Waals surface area contributed by atoms with Crippen LogP contribution in [0.5, 0.6) is 0 Å². The summed E-state index contributed by atoms with van der Waals surface area (Å²) in [6, 6.07) is 9.33. The third-order valence-electron chi connectivity index (χ3n) is 3.50. The van der Waals surface area contributed by atoms with Gasteiger partial charge in [-0.05, 0) is 18.4 Å². The fourth-order valence-electron chi connectivity index (χ4n) is 2.52. The molecule has 1 aromatic rings. The van der Waals surface area contributed by atoms with Gasteiger partial charge in [-0.15, -0.1) is 0 Å². The lowest BCUT2D eigenvalue weighted by atomic mass is 10.2. The molecule has 0 unspecified atom stereocenters. The van der Waals surface area contributed by atoms with Gasteiger partial charge in [0.05, 0.1) is 7.11 Å². The van der Waals surface area contributed by atoms with Crippen molar-refractivity contribution in [1.82, 2.24) is 4.90 Å². The van der Waals surface area contributed by atoms with Crippen molar-refractivity contribution in [1.29, 1.82) is 0 Å². The van der Waals surface area contributed by atoms with Gasteiger partial charge in [-0.1, -0.05) is 30.3 Å². The normalized spacial score (nSPS) is 24.1. The molecule has 3 nitrogen and oxygen atoms in total. The lowest BCUT2D eigenvalue weighted by molar-refractivity contribution is -0.146. The number of alkyl halides is 1. The minimum atomic E-state index is -0.416. The summed E-state index contributed by atoms with van der Waals surface area (Å²) in [6.07, 6.45) is 1.39. The second-order valence-corrected chi connectivity index (χ2v) is 4.58. The molecular formula is C14H18FNO2. The number of halogens is 1. The maximum atomic E-state index is 13.0. The Morgan fingerprint density at radius 1 is 1.39 bits per heavy atom. The molecule has 18 heavy (non-hydrogen) atoms. The second-order valence-electron chi connectivity index (χ2n) is 4.58. The number of rotatable bonds is 4. The average molecular weight is 251 g/mol. The molecule has 98 valence electrons. The van der Waals surface area contributed by atoms with Crippen LogP contribution in [0.2, 0.25) is 0 Å². The number of ether oxygens (including phenoxy) is 1. The molecule has 2 atom stereocenters. The van der Waals surface area contributed by atoms with Crippen molar-refractivity contribution in [2.75, 3.05) is 13.8 Å². The fraction of sp³-hybridized carbons (Fsp3) is 0.500. The first-order valence-electron chi connectivity index (χ1n) is 6.19. The Kier molecular flexibility index (Phi) is 4.31. The van der Waals surface area contributed by atoms with Crippen molar-refractivity contribution in [2.24, 2.45) is 0 Å². The number of benzene rings is 1. The van der Waals surface area contributed by atoms with E-state index < -0.39 is 6.67 Å². The van der Waals surface area contributed by atoms with Crippen LogP contribution in [0.3, 0.4) is 0 Å². The van der Waals surface area contributed by atoms with Crippen molar-refractivity contribution < 1.29 is 13.9 Å². The molecule has 0 aliphatic carbocycles. The number of likely N-dealkylation sites (tertiary alicyclic amines) is 1. The monoisotopic (exact) mass is 251 g/mol. The SMILES string of the molecule is COC(=O)[C@@H]1CC[C@@H](CF)N1Cc1ccccc1. The van der Waals surface area contributed by atoms with Crippen molar-refractivity contribution in [2.45, 2.75) is 31.5 Å². The number of carbonyl (C=O) groups excluding carboxylic acids is 1. The molecular weight excluding hydrogens is 233 g/mol. The number of hydrogen-bond acceptors (Lipinski definition) is 3. The van der Waals surface area contributed by atoms with Gasteiger partial charge in [0.15, 0.2) is 0 Å². The maximum absolute atomic E-state index is 13.0. The van der Waals surface area contributed by atoms with Crippen molar-refractivity contribution in [3.05, 3.63) is 35.9 Å². The van der Waals surface area contributed by atoms with Crippen LogP contribution in [0.1, 0.15) is 18.4 Å². The Bertz CT molecular complexity index is 396. The summed E-state index contributed by atoms with van der Waals surface area (Å²) < 4.78 is 17.8. The van der Waals surface area contributed by atoms with Gasteiger partial charge in [0, 0.05) is 12.6 Å². The highest BCUT2D eigenvalue weighted by atomic mass is 19.1. The summed E-state index contributed by atoms with van der Waals surface area (Å²) >= 11 is 0. The fourth-order valence-corrected chi connectivity index (χ4v) is 2.52. The van der Waals surface area contributed by atoms with Crippen molar-refractivity contribution in [3.8, 4) is 0 Å². The van der Waals surface area contributed by atoms with Gasteiger partial charge in [0.2, 0.25) is 0 Å². The van der Waals surface area contributed by atoms with Gasteiger partial charge in [-0.25, -0.2) is 4.39 Å². The van der Waals surface area contributed by atoms with E-state index in [1.807, 2.05) is 35.2 Å². The van der Waals surface area contributed by atoms with E-state index in [4.69, 9.17) is 4.74 Å². The highest BCUT2D eigenvalue weighted by molar-refractivity contribution is 5.76. The minimum Gasteiger partial charge on any atom is -0.468 e. The number of methoxy groups -OCH3 is 1. The van der Waals surface area contributed by atoms with Crippen LogP contribution in [-0.4, -0.2) is 36.7 Å². The maximum Gasteiger partial charge on any atom is 0.323 e. The first-order chi connectivity index (χ1) is 8.76. The molecule has 1 aliphatic heterocycles. The van der Waals surface area contributed by atoms with Gasteiger partial charge in [0.25, 0.3) is 0 Å². The van der Waals surface area contributed by atoms with E-state index in [0.717, 1.165) is 5.56 Å². The van der Waals surface area contributed by atoms with Crippen LogP contribution in [0.4, 0.5) is 4.39 Å². The summed E-state index contributed by atoms with van der Waals surface area (Å²) in [6.45, 7) is 0.176. The van der Waals surface area contributed by atoms with E-state index in [9.17, 15) is 9.18 Å². The Morgan fingerprint density at radius 2 is 2.11 bits per heavy atom. The van der Waals surface area contributed by atoms with E-state index in [0.29, 0.717) is 19.4 Å². The highest BCUT2D eigenvalue weighted by Gasteiger charge is 2.38. The molecule has 1 aromatic carbocycles. The number of esters is 1. The standard InChI is InChI=1S/C14H18FNO2/c1-18-14(17)13-8-7-12(9-15)16(13)10-11-5-3-2-4-6-11/h2-6,12-13H,7-10H2,1H3/t12-,13-/m0/s1. The molecule has 1 saturated heterocycles. The zero-order valence-corrected chi connectivity index (χ0v) is 10.5. The zero-order valence-electron chi connectivity index (χ0n) is 10.5. The van der Waals surface area contributed by atoms with Crippen LogP contribution in [0.15, 0.2) is 30.3 Å². The Morgan fingerprint density at radius 3 is 2.72 bits per heavy atom. The van der Waals surface area contributed by atoms with Gasteiger partial charge in [-0.3, -0.25) is 9.69 Å². The van der Waals surface area contributed by atoms with E-state index in [2.05, 4.69) is 0 Å². The first kappa shape index (κ1) is 13.0. The molecule has 1 heterocycles. The summed E-state index contributed by atoms with van der Waals surface area (Å²) in [5.41, 5.74) is 1.09. The number of nitrogens with zero attached hydrogens (tertiary/aromatic N) is 1. The topological polar surface area (TPSA) is 29.5 Å². The first-order valence-corrected chi connectivity index (χ1v) is 6.19. The van der Waals surface area contributed by atoms with Gasteiger partial charge >= 0.3 is 5.97 Å². The molecule has 0 bridgehead atoms. The Labute approximate surface area is 107 Å². The molecule has 0 radical (unpaired) electrons. The van der Waals surface area contributed by atoms with Crippen LogP contribution in [-0.2, 0) is 16.1 Å². The third-order valence-corrected chi connectivity index (χ3v) is 3.50. The number of carbonyl (C=O) groups is 1. The van der Waals surface area contributed by atoms with Gasteiger partial charge < -0.3 is 4.74 Å². The summed E-state index contributed by atoms with van der Waals surface area (Å²) in [5.74, 6) is -0.262. The lowest BCUT2D eigenvalue weighted by Crippen LogP contribution is -2.41. The molecule has 0 saturated carbocycles. The predicted octanol–water partition coefficient (Wildman–Crippen LogP) is 2.16.